The van der Waals surface area contributed by atoms with Crippen LogP contribution in [0.2, 0.25) is 5.02 Å². The van der Waals surface area contributed by atoms with Crippen molar-refractivity contribution in [2.45, 2.75) is 32.7 Å². The van der Waals surface area contributed by atoms with Crippen molar-refractivity contribution in [3.05, 3.63) is 28.8 Å². The molecule has 0 spiro atoms. The second-order valence-electron chi connectivity index (χ2n) is 4.53. The van der Waals surface area contributed by atoms with Crippen molar-refractivity contribution >= 4 is 11.6 Å². The third kappa shape index (κ3) is 3.62. The van der Waals surface area contributed by atoms with E-state index in [0.29, 0.717) is 6.61 Å². The van der Waals surface area contributed by atoms with Gasteiger partial charge in [-0.1, -0.05) is 24.1 Å². The number of ether oxygens (including phenoxy) is 1. The molecule has 0 saturated carbocycles. The smallest absolute Gasteiger partial charge is 0.137 e. The van der Waals surface area contributed by atoms with E-state index >= 15 is 0 Å². The lowest BCUT2D eigenvalue weighted by atomic mass is 10.1. The second kappa shape index (κ2) is 6.27. The molecule has 0 radical (unpaired) electrons. The Labute approximate surface area is 109 Å². The molecule has 1 aliphatic rings. The Balaban J connectivity index is 1.98. The van der Waals surface area contributed by atoms with Gasteiger partial charge in [0.1, 0.15) is 5.75 Å². The largest absolute Gasteiger partial charge is 0.492 e. The number of piperidine rings is 1. The third-order valence-corrected chi connectivity index (χ3v) is 3.45. The highest BCUT2D eigenvalue weighted by atomic mass is 35.5. The molecular formula is C14H20ClNO. The highest BCUT2D eigenvalue weighted by Crippen LogP contribution is 2.26. The average molecular weight is 254 g/mol. The van der Waals surface area contributed by atoms with E-state index in [1.54, 1.807) is 0 Å². The second-order valence-corrected chi connectivity index (χ2v) is 4.94. The first-order valence-corrected chi connectivity index (χ1v) is 6.81. The van der Waals surface area contributed by atoms with E-state index in [1.165, 1.54) is 37.9 Å². The zero-order chi connectivity index (χ0) is 12.1. The highest BCUT2D eigenvalue weighted by molar-refractivity contribution is 6.32. The van der Waals surface area contributed by atoms with Gasteiger partial charge in [0.2, 0.25) is 0 Å². The number of benzene rings is 1. The van der Waals surface area contributed by atoms with Crippen molar-refractivity contribution in [2.75, 3.05) is 19.7 Å². The van der Waals surface area contributed by atoms with Crippen LogP contribution in [0.15, 0.2) is 18.2 Å². The molecule has 3 heteroatoms. The molecule has 0 amide bonds. The molecule has 0 N–H and O–H groups in total. The lowest BCUT2D eigenvalue weighted by Gasteiger charge is -2.26. The Morgan fingerprint density at radius 2 is 2.00 bits per heavy atom. The van der Waals surface area contributed by atoms with Gasteiger partial charge < -0.3 is 4.74 Å². The van der Waals surface area contributed by atoms with Crippen LogP contribution in [-0.2, 0) is 6.54 Å². The molecule has 0 aromatic heterocycles. The van der Waals surface area contributed by atoms with Gasteiger partial charge in [0.15, 0.2) is 0 Å². The van der Waals surface area contributed by atoms with Gasteiger partial charge in [-0.2, -0.15) is 0 Å². The molecule has 0 aliphatic carbocycles. The van der Waals surface area contributed by atoms with Crippen LogP contribution in [0.3, 0.4) is 0 Å². The zero-order valence-electron chi connectivity index (χ0n) is 10.4. The van der Waals surface area contributed by atoms with Crippen LogP contribution in [0.25, 0.3) is 0 Å². The van der Waals surface area contributed by atoms with Crippen LogP contribution >= 0.6 is 11.6 Å². The van der Waals surface area contributed by atoms with Crippen molar-refractivity contribution in [1.82, 2.24) is 4.90 Å². The summed E-state index contributed by atoms with van der Waals surface area (Å²) in [4.78, 5) is 2.50. The molecule has 1 aliphatic heterocycles. The lowest BCUT2D eigenvalue weighted by Crippen LogP contribution is -2.29. The fraction of sp³-hybridized carbons (Fsp3) is 0.571. The monoisotopic (exact) mass is 253 g/mol. The molecular weight excluding hydrogens is 234 g/mol. The summed E-state index contributed by atoms with van der Waals surface area (Å²) in [7, 11) is 0. The van der Waals surface area contributed by atoms with Crippen LogP contribution in [0, 0.1) is 0 Å². The maximum atomic E-state index is 6.18. The average Bonchev–Trinajstić information content (AvgIpc) is 2.34. The number of likely N-dealkylation sites (tertiary alicyclic amines) is 1. The van der Waals surface area contributed by atoms with E-state index < -0.39 is 0 Å². The SMILES string of the molecule is CCOc1ccc(CN2CCCCC2)cc1Cl. The Morgan fingerprint density at radius 3 is 2.65 bits per heavy atom. The molecule has 1 aromatic carbocycles. The normalized spacial score (nSPS) is 17.1. The lowest BCUT2D eigenvalue weighted by molar-refractivity contribution is 0.221. The Hall–Kier alpha value is -0.730. The van der Waals surface area contributed by atoms with Crippen molar-refractivity contribution in [1.29, 1.82) is 0 Å². The molecule has 1 fully saturated rings. The molecule has 1 saturated heterocycles. The van der Waals surface area contributed by atoms with E-state index in [9.17, 15) is 0 Å². The quantitative estimate of drug-likeness (QED) is 0.811. The van der Waals surface area contributed by atoms with Gasteiger partial charge >= 0.3 is 0 Å². The van der Waals surface area contributed by atoms with Gasteiger partial charge in [-0.05, 0) is 50.6 Å². The van der Waals surface area contributed by atoms with Gasteiger partial charge in [0.05, 0.1) is 11.6 Å². The topological polar surface area (TPSA) is 12.5 Å². The summed E-state index contributed by atoms with van der Waals surface area (Å²) in [6.45, 7) is 6.06. The van der Waals surface area contributed by atoms with Crippen LogP contribution in [0.1, 0.15) is 31.7 Å². The number of hydrogen-bond acceptors (Lipinski definition) is 2. The first-order valence-electron chi connectivity index (χ1n) is 6.43. The first kappa shape index (κ1) is 12.7. The maximum absolute atomic E-state index is 6.18. The summed E-state index contributed by atoms with van der Waals surface area (Å²) >= 11 is 6.18. The summed E-state index contributed by atoms with van der Waals surface area (Å²) in [6.07, 6.45) is 4.02. The van der Waals surface area contributed by atoms with E-state index in [-0.39, 0.29) is 0 Å². The minimum atomic E-state index is 0.658. The molecule has 1 heterocycles. The van der Waals surface area contributed by atoms with Gasteiger partial charge in [-0.3, -0.25) is 4.90 Å². The summed E-state index contributed by atoms with van der Waals surface area (Å²) in [5.74, 6) is 0.788. The van der Waals surface area contributed by atoms with Crippen molar-refractivity contribution in [2.24, 2.45) is 0 Å². The minimum absolute atomic E-state index is 0.658. The fourth-order valence-corrected chi connectivity index (χ4v) is 2.55. The van der Waals surface area contributed by atoms with Gasteiger partial charge in [-0.15, -0.1) is 0 Å². The first-order chi connectivity index (χ1) is 8.29. The predicted molar refractivity (Wildman–Crippen MR) is 71.7 cm³/mol. The highest BCUT2D eigenvalue weighted by Gasteiger charge is 2.11. The molecule has 17 heavy (non-hydrogen) atoms. The maximum Gasteiger partial charge on any atom is 0.137 e. The minimum Gasteiger partial charge on any atom is -0.492 e. The van der Waals surface area contributed by atoms with Gasteiger partial charge in [-0.25, -0.2) is 0 Å². The zero-order valence-corrected chi connectivity index (χ0v) is 11.2. The van der Waals surface area contributed by atoms with E-state index in [4.69, 9.17) is 16.3 Å². The molecule has 0 bridgehead atoms. The molecule has 0 unspecified atom stereocenters. The molecule has 1 aromatic rings. The third-order valence-electron chi connectivity index (χ3n) is 3.15. The fourth-order valence-electron chi connectivity index (χ4n) is 2.29. The van der Waals surface area contributed by atoms with Crippen LogP contribution in [0.4, 0.5) is 0 Å². The van der Waals surface area contributed by atoms with E-state index in [0.717, 1.165) is 17.3 Å². The Kier molecular flexibility index (Phi) is 4.69. The van der Waals surface area contributed by atoms with Crippen LogP contribution in [-0.4, -0.2) is 24.6 Å². The Bertz CT molecular complexity index is 361. The summed E-state index contributed by atoms with van der Waals surface area (Å²) in [6, 6.07) is 6.12. The standard InChI is InChI=1S/C14H20ClNO/c1-2-17-14-7-6-12(10-13(14)15)11-16-8-4-3-5-9-16/h6-7,10H,2-5,8-9,11H2,1H3. The van der Waals surface area contributed by atoms with Crippen molar-refractivity contribution in [3.63, 3.8) is 0 Å². The number of rotatable bonds is 4. The van der Waals surface area contributed by atoms with Crippen LogP contribution < -0.4 is 4.74 Å². The number of hydrogen-bond donors (Lipinski definition) is 0. The van der Waals surface area contributed by atoms with E-state index in [1.807, 2.05) is 19.1 Å². The molecule has 2 rings (SSSR count). The summed E-state index contributed by atoms with van der Waals surface area (Å²) in [5, 5.41) is 0.723. The number of nitrogens with zero attached hydrogens (tertiary/aromatic N) is 1. The Morgan fingerprint density at radius 1 is 1.24 bits per heavy atom. The van der Waals surface area contributed by atoms with E-state index in [2.05, 4.69) is 11.0 Å². The van der Waals surface area contributed by atoms with Gasteiger partial charge in [0, 0.05) is 6.54 Å². The van der Waals surface area contributed by atoms with Crippen molar-refractivity contribution in [3.8, 4) is 5.75 Å². The summed E-state index contributed by atoms with van der Waals surface area (Å²) in [5.41, 5.74) is 1.28. The predicted octanol–water partition coefficient (Wildman–Crippen LogP) is 3.72. The van der Waals surface area contributed by atoms with Gasteiger partial charge in [0.25, 0.3) is 0 Å². The molecule has 0 atom stereocenters. The summed E-state index contributed by atoms with van der Waals surface area (Å²) < 4.78 is 5.44. The molecule has 94 valence electrons. The van der Waals surface area contributed by atoms with Crippen LogP contribution in [0.5, 0.6) is 5.75 Å². The number of halogens is 1. The molecule has 2 nitrogen and oxygen atoms in total. The van der Waals surface area contributed by atoms with Crippen molar-refractivity contribution < 1.29 is 4.74 Å².